The van der Waals surface area contributed by atoms with Crippen LogP contribution < -0.4 is 0 Å². The van der Waals surface area contributed by atoms with Gasteiger partial charge in [-0.1, -0.05) is 44.2 Å². The highest BCUT2D eigenvalue weighted by Crippen LogP contribution is 2.42. The van der Waals surface area contributed by atoms with Crippen molar-refractivity contribution in [3.8, 4) is 0 Å². The van der Waals surface area contributed by atoms with Gasteiger partial charge in [0.1, 0.15) is 0 Å². The molecule has 0 amide bonds. The van der Waals surface area contributed by atoms with Crippen molar-refractivity contribution in [2.45, 2.75) is 45.4 Å². The maximum Gasteiger partial charge on any atom is -0.0162 e. The van der Waals surface area contributed by atoms with E-state index in [9.17, 15) is 0 Å². The van der Waals surface area contributed by atoms with Gasteiger partial charge >= 0.3 is 0 Å². The fourth-order valence-electron chi connectivity index (χ4n) is 2.46. The second kappa shape index (κ2) is 3.76. The summed E-state index contributed by atoms with van der Waals surface area (Å²) in [5.41, 5.74) is 2.13. The Morgan fingerprint density at radius 1 is 1.00 bits per heavy atom. The Balaban J connectivity index is 2.03. The first-order valence-electron chi connectivity index (χ1n) is 5.72. The van der Waals surface area contributed by atoms with Crippen LogP contribution in [0.3, 0.4) is 0 Å². The Kier molecular flexibility index (Phi) is 2.62. The van der Waals surface area contributed by atoms with Crippen LogP contribution in [0.5, 0.6) is 0 Å². The molecule has 0 nitrogen and oxygen atoms in total. The third-order valence-corrected chi connectivity index (χ3v) is 3.61. The molecule has 1 aliphatic carbocycles. The number of rotatable bonds is 1. The summed E-state index contributed by atoms with van der Waals surface area (Å²) in [4.78, 5) is 0. The van der Waals surface area contributed by atoms with Crippen LogP contribution in [0, 0.1) is 5.41 Å². The molecule has 1 aromatic rings. The van der Waals surface area contributed by atoms with Crippen LogP contribution >= 0.6 is 0 Å². The van der Waals surface area contributed by atoms with E-state index in [0.717, 1.165) is 5.92 Å². The molecule has 76 valence electrons. The smallest absolute Gasteiger partial charge is 0.0162 e. The summed E-state index contributed by atoms with van der Waals surface area (Å²) in [6, 6.07) is 11.0. The molecule has 0 unspecified atom stereocenters. The molecule has 0 bridgehead atoms. The summed E-state index contributed by atoms with van der Waals surface area (Å²) in [6.45, 7) is 4.79. The van der Waals surface area contributed by atoms with Gasteiger partial charge in [0.15, 0.2) is 0 Å². The number of hydrogen-bond acceptors (Lipinski definition) is 0. The third-order valence-electron chi connectivity index (χ3n) is 3.61. The van der Waals surface area contributed by atoms with Crippen LogP contribution in [-0.4, -0.2) is 0 Å². The van der Waals surface area contributed by atoms with Gasteiger partial charge in [-0.15, -0.1) is 0 Å². The van der Waals surface area contributed by atoms with Gasteiger partial charge in [0, 0.05) is 0 Å². The second-order valence-electron chi connectivity index (χ2n) is 5.35. The average Bonchev–Trinajstić information content (AvgIpc) is 2.19. The Morgan fingerprint density at radius 3 is 2.14 bits per heavy atom. The predicted octanol–water partition coefficient (Wildman–Crippen LogP) is 4.37. The van der Waals surface area contributed by atoms with Gasteiger partial charge in [0.2, 0.25) is 0 Å². The van der Waals surface area contributed by atoms with Crippen molar-refractivity contribution in [3.63, 3.8) is 0 Å². The molecule has 1 saturated carbocycles. The molecular formula is C14H20. The third kappa shape index (κ3) is 2.17. The molecule has 0 aromatic heterocycles. The lowest BCUT2D eigenvalue weighted by Crippen LogP contribution is -2.20. The quantitative estimate of drug-likeness (QED) is 0.614. The first-order chi connectivity index (χ1) is 6.67. The molecule has 2 rings (SSSR count). The zero-order valence-electron chi connectivity index (χ0n) is 9.29. The molecule has 0 radical (unpaired) electrons. The summed E-state index contributed by atoms with van der Waals surface area (Å²) in [5, 5.41) is 0. The lowest BCUT2D eigenvalue weighted by Gasteiger charge is -2.34. The van der Waals surface area contributed by atoms with Gasteiger partial charge in [-0.2, -0.15) is 0 Å². The highest BCUT2D eigenvalue weighted by Gasteiger charge is 2.27. The van der Waals surface area contributed by atoms with Crippen molar-refractivity contribution in [2.24, 2.45) is 5.41 Å². The normalized spacial score (nSPS) is 22.1. The van der Waals surface area contributed by atoms with Gasteiger partial charge in [-0.05, 0) is 42.6 Å². The van der Waals surface area contributed by atoms with E-state index in [4.69, 9.17) is 0 Å². The Labute approximate surface area is 87.3 Å². The Hall–Kier alpha value is -0.780. The van der Waals surface area contributed by atoms with Gasteiger partial charge in [0.25, 0.3) is 0 Å². The molecule has 1 fully saturated rings. The summed E-state index contributed by atoms with van der Waals surface area (Å²) < 4.78 is 0. The summed E-state index contributed by atoms with van der Waals surface area (Å²) in [7, 11) is 0. The molecule has 0 aliphatic heterocycles. The van der Waals surface area contributed by atoms with Gasteiger partial charge in [-0.25, -0.2) is 0 Å². The average molecular weight is 188 g/mol. The standard InChI is InChI=1S/C14H20/c1-14(2)10-8-13(9-11-14)12-6-4-3-5-7-12/h3-7,13H,8-11H2,1-2H3. The van der Waals surface area contributed by atoms with Crippen molar-refractivity contribution < 1.29 is 0 Å². The lowest BCUT2D eigenvalue weighted by atomic mass is 9.71. The molecule has 0 saturated heterocycles. The molecule has 0 atom stereocenters. The molecule has 0 heterocycles. The van der Waals surface area contributed by atoms with Gasteiger partial charge in [0.05, 0.1) is 0 Å². The lowest BCUT2D eigenvalue weighted by molar-refractivity contribution is 0.224. The minimum atomic E-state index is 0.589. The van der Waals surface area contributed by atoms with E-state index in [1.54, 1.807) is 5.56 Å². The Bertz CT molecular complexity index is 274. The summed E-state index contributed by atoms with van der Waals surface area (Å²) in [6.07, 6.45) is 5.51. The van der Waals surface area contributed by atoms with Crippen molar-refractivity contribution in [1.29, 1.82) is 0 Å². The van der Waals surface area contributed by atoms with E-state index in [1.165, 1.54) is 25.7 Å². The molecule has 1 aliphatic rings. The fraction of sp³-hybridized carbons (Fsp3) is 0.571. The molecule has 0 spiro atoms. The van der Waals surface area contributed by atoms with Crippen LogP contribution in [0.25, 0.3) is 0 Å². The number of benzene rings is 1. The van der Waals surface area contributed by atoms with E-state index in [2.05, 4.69) is 44.2 Å². The maximum atomic E-state index is 2.40. The van der Waals surface area contributed by atoms with Crippen LogP contribution in [-0.2, 0) is 0 Å². The van der Waals surface area contributed by atoms with Gasteiger partial charge < -0.3 is 0 Å². The monoisotopic (exact) mass is 188 g/mol. The summed E-state index contributed by atoms with van der Waals surface area (Å²) >= 11 is 0. The van der Waals surface area contributed by atoms with Crippen LogP contribution in [0.4, 0.5) is 0 Å². The van der Waals surface area contributed by atoms with E-state index in [-0.39, 0.29) is 0 Å². The fourth-order valence-corrected chi connectivity index (χ4v) is 2.46. The van der Waals surface area contributed by atoms with E-state index in [1.807, 2.05) is 0 Å². The molecule has 0 heteroatoms. The van der Waals surface area contributed by atoms with E-state index < -0.39 is 0 Å². The zero-order valence-corrected chi connectivity index (χ0v) is 9.29. The van der Waals surface area contributed by atoms with Crippen molar-refractivity contribution in [2.75, 3.05) is 0 Å². The first kappa shape index (κ1) is 9.76. The van der Waals surface area contributed by atoms with Crippen molar-refractivity contribution >= 4 is 0 Å². The second-order valence-corrected chi connectivity index (χ2v) is 5.35. The highest BCUT2D eigenvalue weighted by molar-refractivity contribution is 5.20. The predicted molar refractivity (Wildman–Crippen MR) is 61.4 cm³/mol. The molecule has 14 heavy (non-hydrogen) atoms. The van der Waals surface area contributed by atoms with Crippen molar-refractivity contribution in [1.82, 2.24) is 0 Å². The topological polar surface area (TPSA) is 0 Å². The van der Waals surface area contributed by atoms with Crippen molar-refractivity contribution in [3.05, 3.63) is 35.9 Å². The number of hydrogen-bond donors (Lipinski definition) is 0. The molecule has 1 aromatic carbocycles. The SMILES string of the molecule is CC1(C)CCC(c2ccccc2)CC1. The van der Waals surface area contributed by atoms with E-state index in [0.29, 0.717) is 5.41 Å². The van der Waals surface area contributed by atoms with Gasteiger partial charge in [-0.3, -0.25) is 0 Å². The molecule has 0 N–H and O–H groups in total. The maximum absolute atomic E-state index is 2.40. The van der Waals surface area contributed by atoms with Crippen LogP contribution in [0.15, 0.2) is 30.3 Å². The van der Waals surface area contributed by atoms with Crippen LogP contribution in [0.2, 0.25) is 0 Å². The minimum Gasteiger partial charge on any atom is -0.0622 e. The zero-order chi connectivity index (χ0) is 10.0. The molecular weight excluding hydrogens is 168 g/mol. The Morgan fingerprint density at radius 2 is 1.57 bits per heavy atom. The van der Waals surface area contributed by atoms with E-state index >= 15 is 0 Å². The van der Waals surface area contributed by atoms with Crippen LogP contribution in [0.1, 0.15) is 51.0 Å². The largest absolute Gasteiger partial charge is 0.0622 e. The first-order valence-corrected chi connectivity index (χ1v) is 5.72. The summed E-state index contributed by atoms with van der Waals surface area (Å²) in [5.74, 6) is 0.823. The minimum absolute atomic E-state index is 0.589. The highest BCUT2D eigenvalue weighted by atomic mass is 14.3.